The van der Waals surface area contributed by atoms with E-state index < -0.39 is 5.25 Å². The van der Waals surface area contributed by atoms with Crippen molar-refractivity contribution >= 4 is 34.7 Å². The van der Waals surface area contributed by atoms with E-state index in [4.69, 9.17) is 0 Å². The molecule has 0 unspecified atom stereocenters. The lowest BCUT2D eigenvalue weighted by Crippen LogP contribution is -2.19. The molecule has 0 saturated carbocycles. The number of carbonyl (C=O) groups is 1. The van der Waals surface area contributed by atoms with Crippen molar-refractivity contribution in [1.82, 2.24) is 4.98 Å². The lowest BCUT2D eigenvalue weighted by atomic mass is 10.1. The first-order valence-corrected chi connectivity index (χ1v) is 9.08. The van der Waals surface area contributed by atoms with Gasteiger partial charge in [0, 0.05) is 16.8 Å². The molecule has 6 heteroatoms. The van der Waals surface area contributed by atoms with Crippen molar-refractivity contribution in [3.8, 4) is 0 Å². The summed E-state index contributed by atoms with van der Waals surface area (Å²) in [6.07, 6.45) is 0. The summed E-state index contributed by atoms with van der Waals surface area (Å²) in [5.74, 6) is -0.495. The molecule has 3 rings (SSSR count). The van der Waals surface area contributed by atoms with Crippen molar-refractivity contribution in [2.24, 2.45) is 0 Å². The highest BCUT2D eigenvalue weighted by Crippen LogP contribution is 2.37. The van der Waals surface area contributed by atoms with Gasteiger partial charge in [0.2, 0.25) is 5.91 Å². The maximum atomic E-state index is 13.0. The highest BCUT2D eigenvalue weighted by molar-refractivity contribution is 8.01. The van der Waals surface area contributed by atoms with Crippen LogP contribution in [0.15, 0.2) is 64.3 Å². The van der Waals surface area contributed by atoms with Gasteiger partial charge in [-0.15, -0.1) is 11.3 Å². The molecule has 24 heavy (non-hydrogen) atoms. The highest BCUT2D eigenvalue weighted by atomic mass is 32.2. The quantitative estimate of drug-likeness (QED) is 0.648. The monoisotopic (exact) mass is 358 g/mol. The third-order valence-electron chi connectivity index (χ3n) is 3.27. The zero-order chi connectivity index (χ0) is 16.9. The molecule has 1 heterocycles. The standard InChI is InChI=1S/C18H15FN2OS2/c1-12-11-23-18(20-12)24-16(13-5-3-2-4-6-13)17(22)21-15-9-7-14(19)8-10-15/h2-11,16H,1H3,(H,21,22)/t16-/m0/s1. The number of nitrogens with zero attached hydrogens (tertiary/aromatic N) is 1. The molecule has 1 amide bonds. The number of rotatable bonds is 5. The Morgan fingerprint density at radius 3 is 2.50 bits per heavy atom. The van der Waals surface area contributed by atoms with Crippen LogP contribution in [0.25, 0.3) is 0 Å². The third-order valence-corrected chi connectivity index (χ3v) is 5.61. The fraction of sp³-hybridized carbons (Fsp3) is 0.111. The van der Waals surface area contributed by atoms with E-state index in [0.29, 0.717) is 5.69 Å². The summed E-state index contributed by atoms with van der Waals surface area (Å²) in [7, 11) is 0. The van der Waals surface area contributed by atoms with E-state index >= 15 is 0 Å². The second kappa shape index (κ2) is 7.59. The number of carbonyl (C=O) groups excluding carboxylic acids is 1. The van der Waals surface area contributed by atoms with E-state index in [9.17, 15) is 9.18 Å². The second-order valence-electron chi connectivity index (χ2n) is 5.16. The lowest BCUT2D eigenvalue weighted by molar-refractivity contribution is -0.115. The summed E-state index contributed by atoms with van der Waals surface area (Å²) in [6.45, 7) is 1.93. The predicted octanol–water partition coefficient (Wildman–Crippen LogP) is 5.06. The highest BCUT2D eigenvalue weighted by Gasteiger charge is 2.23. The number of benzene rings is 2. The smallest absolute Gasteiger partial charge is 0.242 e. The average molecular weight is 358 g/mol. The number of hydrogen-bond acceptors (Lipinski definition) is 4. The third kappa shape index (κ3) is 4.21. The molecule has 1 aromatic heterocycles. The second-order valence-corrected chi connectivity index (χ2v) is 7.37. The first-order valence-electron chi connectivity index (χ1n) is 7.32. The molecule has 0 aliphatic rings. The molecule has 0 fully saturated rings. The SMILES string of the molecule is Cc1csc(S[C@H](C(=O)Nc2ccc(F)cc2)c2ccccc2)n1. The maximum absolute atomic E-state index is 13.0. The molecular weight excluding hydrogens is 343 g/mol. The predicted molar refractivity (Wildman–Crippen MR) is 96.9 cm³/mol. The molecule has 0 aliphatic carbocycles. The van der Waals surface area contributed by atoms with Gasteiger partial charge in [-0.1, -0.05) is 42.1 Å². The van der Waals surface area contributed by atoms with Crippen LogP contribution in [0.4, 0.5) is 10.1 Å². The van der Waals surface area contributed by atoms with Crippen molar-refractivity contribution in [2.75, 3.05) is 5.32 Å². The van der Waals surface area contributed by atoms with Crippen LogP contribution in [0.1, 0.15) is 16.5 Å². The molecule has 0 bridgehead atoms. The fourth-order valence-corrected chi connectivity index (χ4v) is 4.16. The Morgan fingerprint density at radius 1 is 1.17 bits per heavy atom. The Bertz CT molecular complexity index is 819. The summed E-state index contributed by atoms with van der Waals surface area (Å²) in [6, 6.07) is 15.3. The van der Waals surface area contributed by atoms with Gasteiger partial charge in [-0.2, -0.15) is 0 Å². The molecule has 2 aromatic carbocycles. The van der Waals surface area contributed by atoms with Gasteiger partial charge in [0.05, 0.1) is 0 Å². The Kier molecular flexibility index (Phi) is 5.27. The van der Waals surface area contributed by atoms with Crippen molar-refractivity contribution in [3.63, 3.8) is 0 Å². The summed E-state index contributed by atoms with van der Waals surface area (Å²) < 4.78 is 13.9. The van der Waals surface area contributed by atoms with E-state index in [2.05, 4.69) is 10.3 Å². The van der Waals surface area contributed by atoms with Gasteiger partial charge in [-0.05, 0) is 36.8 Å². The average Bonchev–Trinajstić information content (AvgIpc) is 3.00. The van der Waals surface area contributed by atoms with Gasteiger partial charge in [-0.25, -0.2) is 9.37 Å². The van der Waals surface area contributed by atoms with E-state index in [0.717, 1.165) is 15.6 Å². The van der Waals surface area contributed by atoms with E-state index in [-0.39, 0.29) is 11.7 Å². The summed E-state index contributed by atoms with van der Waals surface area (Å²) in [5, 5.41) is 4.38. The van der Waals surface area contributed by atoms with Gasteiger partial charge < -0.3 is 5.32 Å². The number of aryl methyl sites for hydroxylation is 1. The van der Waals surface area contributed by atoms with Crippen molar-refractivity contribution in [2.45, 2.75) is 16.5 Å². The summed E-state index contributed by atoms with van der Waals surface area (Å²) in [4.78, 5) is 17.2. The molecule has 122 valence electrons. The summed E-state index contributed by atoms with van der Waals surface area (Å²) in [5.41, 5.74) is 2.40. The number of amides is 1. The Morgan fingerprint density at radius 2 is 1.88 bits per heavy atom. The fourth-order valence-electron chi connectivity index (χ4n) is 2.13. The molecule has 3 nitrogen and oxygen atoms in total. The number of halogens is 1. The van der Waals surface area contributed by atoms with Crippen molar-refractivity contribution in [3.05, 3.63) is 77.1 Å². The van der Waals surface area contributed by atoms with Crippen molar-refractivity contribution < 1.29 is 9.18 Å². The number of thioether (sulfide) groups is 1. The molecule has 0 radical (unpaired) electrons. The minimum atomic E-state index is -0.429. The molecular formula is C18H15FN2OS2. The Balaban J connectivity index is 1.83. The van der Waals surface area contributed by atoms with Crippen molar-refractivity contribution in [1.29, 1.82) is 0 Å². The van der Waals surface area contributed by atoms with E-state index in [1.54, 1.807) is 12.1 Å². The molecule has 0 aliphatic heterocycles. The maximum Gasteiger partial charge on any atom is 0.242 e. The number of anilines is 1. The number of thiazole rings is 1. The number of hydrogen-bond donors (Lipinski definition) is 1. The topological polar surface area (TPSA) is 42.0 Å². The Labute approximate surface area is 148 Å². The number of aromatic nitrogens is 1. The van der Waals surface area contributed by atoms with Crippen LogP contribution in [-0.2, 0) is 4.79 Å². The minimum absolute atomic E-state index is 0.161. The van der Waals surface area contributed by atoms with Gasteiger partial charge >= 0.3 is 0 Å². The normalized spacial score (nSPS) is 11.9. The van der Waals surface area contributed by atoms with Crippen LogP contribution in [0.2, 0.25) is 0 Å². The molecule has 3 aromatic rings. The van der Waals surface area contributed by atoms with Crippen LogP contribution in [-0.4, -0.2) is 10.9 Å². The molecule has 0 spiro atoms. The van der Waals surface area contributed by atoms with Crippen LogP contribution < -0.4 is 5.32 Å². The van der Waals surface area contributed by atoms with Crippen LogP contribution in [0, 0.1) is 12.7 Å². The zero-order valence-electron chi connectivity index (χ0n) is 12.9. The van der Waals surface area contributed by atoms with Crippen LogP contribution in [0.5, 0.6) is 0 Å². The summed E-state index contributed by atoms with van der Waals surface area (Å²) >= 11 is 2.93. The van der Waals surface area contributed by atoms with Gasteiger partial charge in [0.15, 0.2) is 4.34 Å². The van der Waals surface area contributed by atoms with Crippen LogP contribution in [0.3, 0.4) is 0 Å². The first-order chi connectivity index (χ1) is 11.6. The largest absolute Gasteiger partial charge is 0.325 e. The van der Waals surface area contributed by atoms with E-state index in [1.165, 1.54) is 35.2 Å². The van der Waals surface area contributed by atoms with Gasteiger partial charge in [0.25, 0.3) is 0 Å². The number of nitrogens with one attached hydrogen (secondary N) is 1. The molecule has 0 saturated heterocycles. The van der Waals surface area contributed by atoms with Gasteiger partial charge in [0.1, 0.15) is 11.1 Å². The first kappa shape index (κ1) is 16.7. The molecule has 1 N–H and O–H groups in total. The zero-order valence-corrected chi connectivity index (χ0v) is 14.5. The van der Waals surface area contributed by atoms with E-state index in [1.807, 2.05) is 42.6 Å². The minimum Gasteiger partial charge on any atom is -0.325 e. The van der Waals surface area contributed by atoms with Gasteiger partial charge in [-0.3, -0.25) is 4.79 Å². The Hall–Kier alpha value is -2.18. The van der Waals surface area contributed by atoms with Crippen LogP contribution >= 0.6 is 23.1 Å². The molecule has 1 atom stereocenters. The lowest BCUT2D eigenvalue weighted by Gasteiger charge is -2.15.